The molecular formula is C13H11ClN2O3S. The normalized spacial score (nSPS) is 10.3. The van der Waals surface area contributed by atoms with E-state index in [9.17, 15) is 9.59 Å². The summed E-state index contributed by atoms with van der Waals surface area (Å²) in [5.41, 5.74) is 0.589. The Morgan fingerprint density at radius 2 is 2.10 bits per heavy atom. The van der Waals surface area contributed by atoms with E-state index in [-0.39, 0.29) is 17.2 Å². The van der Waals surface area contributed by atoms with Crippen LogP contribution in [0.5, 0.6) is 0 Å². The van der Waals surface area contributed by atoms with Crippen LogP contribution in [0.1, 0.15) is 31.4 Å². The lowest BCUT2D eigenvalue weighted by Crippen LogP contribution is -2.24. The lowest BCUT2D eigenvalue weighted by atomic mass is 10.2. The van der Waals surface area contributed by atoms with Crippen LogP contribution in [0.3, 0.4) is 0 Å². The molecule has 0 unspecified atom stereocenters. The summed E-state index contributed by atoms with van der Waals surface area (Å²) in [7, 11) is 0. The Hall–Kier alpha value is -1.92. The van der Waals surface area contributed by atoms with Crippen molar-refractivity contribution in [1.82, 2.24) is 10.3 Å². The van der Waals surface area contributed by atoms with Crippen molar-refractivity contribution >= 4 is 34.8 Å². The number of amides is 1. The van der Waals surface area contributed by atoms with Crippen LogP contribution < -0.4 is 5.32 Å². The van der Waals surface area contributed by atoms with Gasteiger partial charge in [-0.15, -0.1) is 11.3 Å². The van der Waals surface area contributed by atoms with Gasteiger partial charge < -0.3 is 10.4 Å². The third kappa shape index (κ3) is 3.34. The summed E-state index contributed by atoms with van der Waals surface area (Å²) in [6.45, 7) is 1.91. The van der Waals surface area contributed by atoms with Crippen molar-refractivity contribution in [3.63, 3.8) is 0 Å². The number of carbonyl (C=O) groups is 2. The molecular weight excluding hydrogens is 300 g/mol. The minimum atomic E-state index is -1.06. The number of carbonyl (C=O) groups excluding carboxylic acids is 1. The van der Waals surface area contributed by atoms with E-state index >= 15 is 0 Å². The SMILES string of the molecule is Cc1nc(C(=O)NCc2ccc(Cl)s2)ccc1C(=O)O. The summed E-state index contributed by atoms with van der Waals surface area (Å²) in [4.78, 5) is 27.7. The van der Waals surface area contributed by atoms with Crippen molar-refractivity contribution in [1.29, 1.82) is 0 Å². The Morgan fingerprint density at radius 3 is 2.65 bits per heavy atom. The molecule has 0 aromatic carbocycles. The van der Waals surface area contributed by atoms with E-state index in [1.807, 2.05) is 6.07 Å². The first-order valence-electron chi connectivity index (χ1n) is 5.70. The number of halogens is 1. The highest BCUT2D eigenvalue weighted by atomic mass is 35.5. The first kappa shape index (κ1) is 14.5. The van der Waals surface area contributed by atoms with Crippen molar-refractivity contribution in [2.24, 2.45) is 0 Å². The molecule has 1 amide bonds. The molecule has 0 aliphatic carbocycles. The summed E-state index contributed by atoms with van der Waals surface area (Å²) in [5.74, 6) is -1.41. The van der Waals surface area contributed by atoms with Gasteiger partial charge >= 0.3 is 5.97 Å². The van der Waals surface area contributed by atoms with Gasteiger partial charge in [0.25, 0.3) is 5.91 Å². The van der Waals surface area contributed by atoms with Gasteiger partial charge in [0.1, 0.15) is 5.69 Å². The molecule has 0 atom stereocenters. The summed E-state index contributed by atoms with van der Waals surface area (Å²) in [6, 6.07) is 6.37. The quantitative estimate of drug-likeness (QED) is 0.910. The Balaban J connectivity index is 2.06. The van der Waals surface area contributed by atoms with Crippen LogP contribution in [-0.4, -0.2) is 22.0 Å². The standard InChI is InChI=1S/C13H11ClN2O3S/c1-7-9(13(18)19)3-4-10(16-7)12(17)15-6-8-2-5-11(14)20-8/h2-5H,6H2,1H3,(H,15,17)(H,18,19). The van der Waals surface area contributed by atoms with Gasteiger partial charge in [0.2, 0.25) is 0 Å². The van der Waals surface area contributed by atoms with E-state index < -0.39 is 5.97 Å². The van der Waals surface area contributed by atoms with Crippen molar-refractivity contribution in [3.05, 3.63) is 50.4 Å². The van der Waals surface area contributed by atoms with Crippen LogP contribution in [0.2, 0.25) is 4.34 Å². The largest absolute Gasteiger partial charge is 0.478 e. The number of nitrogens with zero attached hydrogens (tertiary/aromatic N) is 1. The lowest BCUT2D eigenvalue weighted by Gasteiger charge is -2.05. The molecule has 0 saturated carbocycles. The first-order valence-corrected chi connectivity index (χ1v) is 6.90. The van der Waals surface area contributed by atoms with Gasteiger partial charge in [-0.05, 0) is 31.2 Å². The van der Waals surface area contributed by atoms with Crippen molar-refractivity contribution in [2.45, 2.75) is 13.5 Å². The second-order valence-electron chi connectivity index (χ2n) is 4.02. The topological polar surface area (TPSA) is 79.3 Å². The molecule has 2 aromatic rings. The molecule has 0 radical (unpaired) electrons. The van der Waals surface area contributed by atoms with Gasteiger partial charge in [-0.3, -0.25) is 4.79 Å². The number of hydrogen-bond acceptors (Lipinski definition) is 4. The minimum Gasteiger partial charge on any atom is -0.478 e. The molecule has 0 saturated heterocycles. The van der Waals surface area contributed by atoms with Crippen LogP contribution in [0.25, 0.3) is 0 Å². The number of aromatic carboxylic acids is 1. The molecule has 7 heteroatoms. The molecule has 2 N–H and O–H groups in total. The highest BCUT2D eigenvalue weighted by Gasteiger charge is 2.13. The summed E-state index contributed by atoms with van der Waals surface area (Å²) < 4.78 is 0.661. The van der Waals surface area contributed by atoms with Gasteiger partial charge in [-0.25, -0.2) is 9.78 Å². The molecule has 104 valence electrons. The molecule has 20 heavy (non-hydrogen) atoms. The Labute approximate surface area is 124 Å². The number of aromatic nitrogens is 1. The predicted octanol–water partition coefficient (Wildman–Crippen LogP) is 2.73. The van der Waals surface area contributed by atoms with E-state index in [1.165, 1.54) is 23.5 Å². The van der Waals surface area contributed by atoms with Crippen molar-refractivity contribution in [3.8, 4) is 0 Å². The zero-order chi connectivity index (χ0) is 14.7. The lowest BCUT2D eigenvalue weighted by molar-refractivity contribution is 0.0694. The zero-order valence-electron chi connectivity index (χ0n) is 10.5. The maximum Gasteiger partial charge on any atom is 0.337 e. The average molecular weight is 311 g/mol. The molecule has 0 bridgehead atoms. The van der Waals surface area contributed by atoms with Crippen LogP contribution >= 0.6 is 22.9 Å². The second kappa shape index (κ2) is 6.02. The number of thiophene rings is 1. The highest BCUT2D eigenvalue weighted by Crippen LogP contribution is 2.21. The maximum atomic E-state index is 11.9. The molecule has 0 aliphatic rings. The molecule has 2 heterocycles. The van der Waals surface area contributed by atoms with E-state index in [1.54, 1.807) is 13.0 Å². The third-order valence-electron chi connectivity index (χ3n) is 2.60. The van der Waals surface area contributed by atoms with E-state index in [0.717, 1.165) is 4.88 Å². The van der Waals surface area contributed by atoms with Gasteiger partial charge in [0.05, 0.1) is 22.1 Å². The number of rotatable bonds is 4. The minimum absolute atomic E-state index is 0.0894. The summed E-state index contributed by atoms with van der Waals surface area (Å²) >= 11 is 7.19. The number of hydrogen-bond donors (Lipinski definition) is 2. The fraction of sp³-hybridized carbons (Fsp3) is 0.154. The number of carboxylic acid groups (broad SMARTS) is 1. The van der Waals surface area contributed by atoms with Gasteiger partial charge in [0.15, 0.2) is 0 Å². The Bertz CT molecular complexity index is 669. The first-order chi connectivity index (χ1) is 9.47. The Kier molecular flexibility index (Phi) is 4.36. The van der Waals surface area contributed by atoms with Crippen LogP contribution in [0, 0.1) is 6.92 Å². The van der Waals surface area contributed by atoms with Crippen molar-refractivity contribution < 1.29 is 14.7 Å². The van der Waals surface area contributed by atoms with Crippen LogP contribution in [0.15, 0.2) is 24.3 Å². The predicted molar refractivity (Wildman–Crippen MR) is 76.4 cm³/mol. The fourth-order valence-electron chi connectivity index (χ4n) is 1.62. The van der Waals surface area contributed by atoms with Gasteiger partial charge in [0, 0.05) is 4.88 Å². The van der Waals surface area contributed by atoms with Crippen LogP contribution in [0.4, 0.5) is 0 Å². The molecule has 2 rings (SSSR count). The molecule has 0 fully saturated rings. The molecule has 0 spiro atoms. The van der Waals surface area contributed by atoms with Crippen molar-refractivity contribution in [2.75, 3.05) is 0 Å². The van der Waals surface area contributed by atoms with E-state index in [4.69, 9.17) is 16.7 Å². The average Bonchev–Trinajstić information content (AvgIpc) is 2.81. The van der Waals surface area contributed by atoms with Gasteiger partial charge in [-0.1, -0.05) is 11.6 Å². The maximum absolute atomic E-state index is 11.9. The highest BCUT2D eigenvalue weighted by molar-refractivity contribution is 7.16. The zero-order valence-corrected chi connectivity index (χ0v) is 12.1. The fourth-order valence-corrected chi connectivity index (χ4v) is 2.65. The molecule has 2 aromatic heterocycles. The van der Waals surface area contributed by atoms with Crippen LogP contribution in [-0.2, 0) is 6.54 Å². The van der Waals surface area contributed by atoms with E-state index in [0.29, 0.717) is 16.6 Å². The Morgan fingerprint density at radius 1 is 1.35 bits per heavy atom. The second-order valence-corrected chi connectivity index (χ2v) is 5.82. The number of pyridine rings is 1. The number of carboxylic acids is 1. The van der Waals surface area contributed by atoms with E-state index in [2.05, 4.69) is 10.3 Å². The monoisotopic (exact) mass is 310 g/mol. The number of nitrogens with one attached hydrogen (secondary N) is 1. The summed E-state index contributed by atoms with van der Waals surface area (Å²) in [5, 5.41) is 11.6. The molecule has 5 nitrogen and oxygen atoms in total. The summed E-state index contributed by atoms with van der Waals surface area (Å²) in [6.07, 6.45) is 0. The third-order valence-corrected chi connectivity index (χ3v) is 3.83. The molecule has 0 aliphatic heterocycles. The number of aryl methyl sites for hydroxylation is 1. The van der Waals surface area contributed by atoms with Gasteiger partial charge in [-0.2, -0.15) is 0 Å². The smallest absolute Gasteiger partial charge is 0.337 e.